The van der Waals surface area contributed by atoms with E-state index in [1.807, 2.05) is 24.3 Å². The summed E-state index contributed by atoms with van der Waals surface area (Å²) in [4.78, 5) is 13.9. The van der Waals surface area contributed by atoms with Crippen LogP contribution in [0, 0.1) is 11.7 Å². The highest BCUT2D eigenvalue weighted by molar-refractivity contribution is 5.90. The standard InChI is InChI=1S/C25H31F2NO3/c1-4-30-24(29)22-10-7-20(15-23(22)26)19-5-8-21(9-6-19)31-16-18-11-13-28(14-12-18)17-25(2,3)27/h5-10,15,18H,4,11-14,16-17H2,1-3H3. The van der Waals surface area contributed by atoms with Gasteiger partial charge in [-0.2, -0.15) is 0 Å². The number of piperidine rings is 1. The molecule has 31 heavy (non-hydrogen) atoms. The highest BCUT2D eigenvalue weighted by Crippen LogP contribution is 2.26. The number of carbonyl (C=O) groups is 1. The van der Waals surface area contributed by atoms with Crippen LogP contribution < -0.4 is 4.74 Å². The van der Waals surface area contributed by atoms with Crippen molar-refractivity contribution in [1.29, 1.82) is 0 Å². The van der Waals surface area contributed by atoms with Crippen LogP contribution in [0.3, 0.4) is 0 Å². The zero-order chi connectivity index (χ0) is 22.4. The Morgan fingerprint density at radius 1 is 1.10 bits per heavy atom. The Labute approximate surface area is 183 Å². The van der Waals surface area contributed by atoms with Crippen LogP contribution >= 0.6 is 0 Å². The number of hydrogen-bond acceptors (Lipinski definition) is 4. The fourth-order valence-corrected chi connectivity index (χ4v) is 3.87. The second-order valence-electron chi connectivity index (χ2n) is 8.69. The Hall–Kier alpha value is -2.47. The molecule has 1 aliphatic rings. The second-order valence-corrected chi connectivity index (χ2v) is 8.69. The number of alkyl halides is 1. The molecule has 0 atom stereocenters. The van der Waals surface area contributed by atoms with Crippen LogP contribution in [0.15, 0.2) is 42.5 Å². The normalized spacial score (nSPS) is 15.6. The fraction of sp³-hybridized carbons (Fsp3) is 0.480. The van der Waals surface area contributed by atoms with Gasteiger partial charge in [-0.1, -0.05) is 18.2 Å². The number of likely N-dealkylation sites (tertiary alicyclic amines) is 1. The molecule has 168 valence electrons. The molecule has 0 radical (unpaired) electrons. The molecule has 1 fully saturated rings. The van der Waals surface area contributed by atoms with E-state index in [-0.39, 0.29) is 12.2 Å². The van der Waals surface area contributed by atoms with Crippen LogP contribution in [0.4, 0.5) is 8.78 Å². The van der Waals surface area contributed by atoms with Gasteiger partial charge in [-0.05, 0) is 88.0 Å². The Morgan fingerprint density at radius 3 is 2.32 bits per heavy atom. The summed E-state index contributed by atoms with van der Waals surface area (Å²) in [6.07, 6.45) is 2.00. The molecule has 3 rings (SSSR count). The molecular formula is C25H31F2NO3. The topological polar surface area (TPSA) is 38.8 Å². The van der Waals surface area contributed by atoms with Crippen LogP contribution in [-0.2, 0) is 4.74 Å². The molecule has 2 aromatic rings. The Bertz CT molecular complexity index is 869. The van der Waals surface area contributed by atoms with Gasteiger partial charge in [0.25, 0.3) is 0 Å². The van der Waals surface area contributed by atoms with Crippen molar-refractivity contribution < 1.29 is 23.0 Å². The summed E-state index contributed by atoms with van der Waals surface area (Å²) in [7, 11) is 0. The number of benzene rings is 2. The molecule has 4 nitrogen and oxygen atoms in total. The third kappa shape index (κ3) is 6.76. The number of hydrogen-bond donors (Lipinski definition) is 0. The van der Waals surface area contributed by atoms with Gasteiger partial charge in [0.1, 0.15) is 17.2 Å². The van der Waals surface area contributed by atoms with Crippen molar-refractivity contribution >= 4 is 5.97 Å². The van der Waals surface area contributed by atoms with E-state index in [1.165, 1.54) is 12.1 Å². The summed E-state index contributed by atoms with van der Waals surface area (Å²) in [5.74, 6) is -0.0313. The van der Waals surface area contributed by atoms with Gasteiger partial charge in [-0.15, -0.1) is 0 Å². The van der Waals surface area contributed by atoms with E-state index in [2.05, 4.69) is 4.90 Å². The van der Waals surface area contributed by atoms with Gasteiger partial charge in [0.15, 0.2) is 0 Å². The summed E-state index contributed by atoms with van der Waals surface area (Å²) < 4.78 is 38.9. The molecule has 2 aromatic carbocycles. The maximum absolute atomic E-state index is 14.3. The number of carbonyl (C=O) groups excluding carboxylic acids is 1. The lowest BCUT2D eigenvalue weighted by Crippen LogP contribution is -2.41. The molecule has 0 spiro atoms. The highest BCUT2D eigenvalue weighted by Gasteiger charge is 2.25. The van der Waals surface area contributed by atoms with Crippen LogP contribution in [0.2, 0.25) is 0 Å². The first-order chi connectivity index (χ1) is 14.7. The van der Waals surface area contributed by atoms with Gasteiger partial charge >= 0.3 is 5.97 Å². The average molecular weight is 432 g/mol. The van der Waals surface area contributed by atoms with Crippen molar-refractivity contribution in [2.24, 2.45) is 5.92 Å². The van der Waals surface area contributed by atoms with E-state index in [0.29, 0.717) is 24.6 Å². The highest BCUT2D eigenvalue weighted by atomic mass is 19.1. The Balaban J connectivity index is 1.52. The maximum atomic E-state index is 14.3. The maximum Gasteiger partial charge on any atom is 0.341 e. The summed E-state index contributed by atoms with van der Waals surface area (Å²) in [5, 5.41) is 0. The summed E-state index contributed by atoms with van der Waals surface area (Å²) in [6, 6.07) is 12.0. The summed E-state index contributed by atoms with van der Waals surface area (Å²) >= 11 is 0. The van der Waals surface area contributed by atoms with E-state index in [4.69, 9.17) is 9.47 Å². The molecule has 0 bridgehead atoms. The van der Waals surface area contributed by atoms with Gasteiger partial charge in [0.05, 0.1) is 18.8 Å². The van der Waals surface area contributed by atoms with Crippen molar-refractivity contribution in [3.63, 3.8) is 0 Å². The van der Waals surface area contributed by atoms with E-state index < -0.39 is 17.5 Å². The number of ether oxygens (including phenoxy) is 2. The third-order valence-corrected chi connectivity index (χ3v) is 5.44. The molecule has 0 aliphatic carbocycles. The number of esters is 1. The average Bonchev–Trinajstić information content (AvgIpc) is 2.72. The lowest BCUT2D eigenvalue weighted by Gasteiger charge is -2.34. The third-order valence-electron chi connectivity index (χ3n) is 5.44. The second kappa shape index (κ2) is 10.2. The number of nitrogens with zero attached hydrogens (tertiary/aromatic N) is 1. The van der Waals surface area contributed by atoms with E-state index in [1.54, 1.807) is 26.8 Å². The fourth-order valence-electron chi connectivity index (χ4n) is 3.87. The van der Waals surface area contributed by atoms with Crippen LogP contribution in [-0.4, -0.2) is 49.4 Å². The van der Waals surface area contributed by atoms with E-state index in [0.717, 1.165) is 37.2 Å². The van der Waals surface area contributed by atoms with Crippen molar-refractivity contribution in [2.45, 2.75) is 39.3 Å². The van der Waals surface area contributed by atoms with Gasteiger partial charge in [0.2, 0.25) is 0 Å². The van der Waals surface area contributed by atoms with Crippen molar-refractivity contribution in [3.05, 3.63) is 53.8 Å². The zero-order valence-corrected chi connectivity index (χ0v) is 18.5. The monoisotopic (exact) mass is 431 g/mol. The quantitative estimate of drug-likeness (QED) is 0.517. The first-order valence-corrected chi connectivity index (χ1v) is 10.9. The predicted octanol–water partition coefficient (Wildman–Crippen LogP) is 5.51. The molecule has 0 saturated carbocycles. The minimum atomic E-state index is -1.16. The molecule has 6 heteroatoms. The Morgan fingerprint density at radius 2 is 1.74 bits per heavy atom. The minimum absolute atomic E-state index is 0.0633. The molecule has 1 saturated heterocycles. The first kappa shape index (κ1) is 23.2. The largest absolute Gasteiger partial charge is 0.493 e. The van der Waals surface area contributed by atoms with Crippen molar-refractivity contribution in [3.8, 4) is 16.9 Å². The molecule has 1 heterocycles. The van der Waals surface area contributed by atoms with Crippen molar-refractivity contribution in [2.75, 3.05) is 32.8 Å². The summed E-state index contributed by atoms with van der Waals surface area (Å²) in [6.45, 7) is 8.03. The lowest BCUT2D eigenvalue weighted by atomic mass is 9.97. The van der Waals surface area contributed by atoms with Crippen LogP contribution in [0.1, 0.15) is 44.0 Å². The van der Waals surface area contributed by atoms with Crippen molar-refractivity contribution in [1.82, 2.24) is 4.90 Å². The molecule has 0 N–H and O–H groups in total. The molecule has 0 amide bonds. The zero-order valence-electron chi connectivity index (χ0n) is 18.5. The van der Waals surface area contributed by atoms with Gasteiger partial charge < -0.3 is 14.4 Å². The number of rotatable bonds is 8. The van der Waals surface area contributed by atoms with Crippen LogP contribution in [0.25, 0.3) is 11.1 Å². The minimum Gasteiger partial charge on any atom is -0.493 e. The van der Waals surface area contributed by atoms with Gasteiger partial charge in [-0.25, -0.2) is 13.6 Å². The molecule has 0 aromatic heterocycles. The molecule has 0 unspecified atom stereocenters. The Kier molecular flexibility index (Phi) is 7.65. The van der Waals surface area contributed by atoms with Crippen LogP contribution in [0.5, 0.6) is 5.75 Å². The van der Waals surface area contributed by atoms with Gasteiger partial charge in [0, 0.05) is 6.54 Å². The molecule has 1 aliphatic heterocycles. The molecular weight excluding hydrogens is 400 g/mol. The number of halogens is 2. The van der Waals surface area contributed by atoms with Gasteiger partial charge in [-0.3, -0.25) is 0 Å². The van der Waals surface area contributed by atoms with E-state index >= 15 is 0 Å². The lowest BCUT2D eigenvalue weighted by molar-refractivity contribution is 0.0521. The smallest absolute Gasteiger partial charge is 0.341 e. The van der Waals surface area contributed by atoms with E-state index in [9.17, 15) is 13.6 Å². The SMILES string of the molecule is CCOC(=O)c1ccc(-c2ccc(OCC3CCN(CC(C)(C)F)CC3)cc2)cc1F. The summed E-state index contributed by atoms with van der Waals surface area (Å²) in [5.41, 5.74) is 0.295. The first-order valence-electron chi connectivity index (χ1n) is 10.9. The predicted molar refractivity (Wildman–Crippen MR) is 118 cm³/mol.